The molecule has 0 radical (unpaired) electrons. The molecule has 0 aromatic heterocycles. The second-order valence-corrected chi connectivity index (χ2v) is 13.6. The highest BCUT2D eigenvalue weighted by Crippen LogP contribution is 2.53. The van der Waals surface area contributed by atoms with E-state index >= 15 is 0 Å². The van der Waals surface area contributed by atoms with E-state index in [1.807, 2.05) is 27.7 Å². The first-order valence-electron chi connectivity index (χ1n) is 12.6. The minimum Gasteiger partial charge on any atom is -0.461 e. The number of benzene rings is 2. The van der Waals surface area contributed by atoms with Crippen LogP contribution in [0.3, 0.4) is 0 Å². The first kappa shape index (κ1) is 33.0. The first-order chi connectivity index (χ1) is 19.5. The van der Waals surface area contributed by atoms with Crippen LogP contribution in [0.2, 0.25) is 30.1 Å². The van der Waals surface area contributed by atoms with E-state index in [1.165, 1.54) is 0 Å². The molecule has 0 saturated heterocycles. The third kappa shape index (κ3) is 6.74. The van der Waals surface area contributed by atoms with Gasteiger partial charge in [-0.05, 0) is 36.8 Å². The summed E-state index contributed by atoms with van der Waals surface area (Å²) in [6.07, 6.45) is 1.70. The summed E-state index contributed by atoms with van der Waals surface area (Å²) in [5.41, 5.74) is -1.35. The van der Waals surface area contributed by atoms with Crippen molar-refractivity contribution in [3.8, 4) is 11.5 Å². The molecule has 4 atom stereocenters. The molecule has 4 unspecified atom stereocenters. The van der Waals surface area contributed by atoms with Gasteiger partial charge in [0.15, 0.2) is 11.5 Å². The van der Waals surface area contributed by atoms with Crippen molar-refractivity contribution >= 4 is 93.5 Å². The van der Waals surface area contributed by atoms with Crippen molar-refractivity contribution in [1.82, 2.24) is 0 Å². The zero-order chi connectivity index (χ0) is 31.3. The monoisotopic (exact) mass is 698 g/mol. The Morgan fingerprint density at radius 1 is 0.667 bits per heavy atom. The molecular weight excluding hydrogens is 677 g/mol. The van der Waals surface area contributed by atoms with Crippen LogP contribution in [0.15, 0.2) is 12.1 Å². The third-order valence-electron chi connectivity index (χ3n) is 7.89. The Hall–Kier alpha value is -1.94. The zero-order valence-electron chi connectivity index (χ0n) is 22.7. The lowest BCUT2D eigenvalue weighted by Crippen LogP contribution is -2.28. The maximum Gasteiger partial charge on any atom is 0.423 e. The van der Waals surface area contributed by atoms with Crippen molar-refractivity contribution in [2.24, 2.45) is 22.7 Å². The molecule has 0 spiro atoms. The second kappa shape index (κ2) is 12.2. The van der Waals surface area contributed by atoms with Gasteiger partial charge >= 0.3 is 23.9 Å². The summed E-state index contributed by atoms with van der Waals surface area (Å²) in [5.74, 6) is -5.73. The summed E-state index contributed by atoms with van der Waals surface area (Å²) < 4.78 is 21.1. The van der Waals surface area contributed by atoms with E-state index in [4.69, 9.17) is 88.6 Å². The van der Waals surface area contributed by atoms with Crippen LogP contribution in [-0.2, 0) is 19.1 Å². The van der Waals surface area contributed by atoms with E-state index in [-0.39, 0.29) is 54.2 Å². The molecule has 8 nitrogen and oxygen atoms in total. The summed E-state index contributed by atoms with van der Waals surface area (Å²) in [7, 11) is 0. The summed E-state index contributed by atoms with van der Waals surface area (Å²) in [6.45, 7) is 8.04. The van der Waals surface area contributed by atoms with Gasteiger partial charge in [0.05, 0.1) is 43.3 Å². The smallest absolute Gasteiger partial charge is 0.423 e. The molecule has 226 valence electrons. The molecule has 0 N–H and O–H groups in total. The van der Waals surface area contributed by atoms with Crippen molar-refractivity contribution in [2.75, 3.05) is 13.2 Å². The second-order valence-electron chi connectivity index (χ2n) is 11.2. The van der Waals surface area contributed by atoms with Crippen molar-refractivity contribution in [3.63, 3.8) is 0 Å². The number of esters is 4. The van der Waals surface area contributed by atoms with Gasteiger partial charge in [-0.1, -0.05) is 97.3 Å². The predicted molar refractivity (Wildman–Crippen MR) is 159 cm³/mol. The van der Waals surface area contributed by atoms with Gasteiger partial charge in [0.25, 0.3) is 0 Å². The van der Waals surface area contributed by atoms with Gasteiger partial charge in [-0.3, -0.25) is 0 Å². The summed E-state index contributed by atoms with van der Waals surface area (Å²) in [6, 6.07) is 2.23. The van der Waals surface area contributed by atoms with Crippen LogP contribution in [0, 0.1) is 22.7 Å². The van der Waals surface area contributed by atoms with Gasteiger partial charge in [0.2, 0.25) is 0 Å². The first-order valence-corrected chi connectivity index (χ1v) is 14.9. The van der Waals surface area contributed by atoms with E-state index < -0.39 is 46.5 Å². The van der Waals surface area contributed by atoms with Gasteiger partial charge < -0.3 is 18.9 Å². The number of hydrogen-bond acceptors (Lipinski definition) is 8. The predicted octanol–water partition coefficient (Wildman–Crippen LogP) is 8.52. The molecule has 2 aliphatic carbocycles. The molecule has 2 saturated carbocycles. The maximum absolute atomic E-state index is 13.0. The van der Waals surface area contributed by atoms with Gasteiger partial charge in [-0.25, -0.2) is 19.2 Å². The molecule has 4 rings (SSSR count). The van der Waals surface area contributed by atoms with E-state index in [0.717, 1.165) is 25.0 Å². The molecule has 2 aromatic carbocycles. The normalized spacial score (nSPS) is 24.0. The van der Waals surface area contributed by atoms with E-state index in [2.05, 4.69) is 0 Å². The number of carbonyl (C=O) groups excluding carboxylic acids is 4. The minimum absolute atomic E-state index is 0.0651. The molecule has 0 heterocycles. The number of halogens is 6. The molecule has 2 aromatic rings. The maximum atomic E-state index is 13.0. The zero-order valence-corrected chi connectivity index (χ0v) is 27.2. The fourth-order valence-corrected chi connectivity index (χ4v) is 5.72. The largest absolute Gasteiger partial charge is 0.461 e. The quantitative estimate of drug-likeness (QED) is 0.117. The summed E-state index contributed by atoms with van der Waals surface area (Å²) in [4.78, 5) is 51.7. The molecule has 42 heavy (non-hydrogen) atoms. The Morgan fingerprint density at radius 3 is 1.26 bits per heavy atom. The van der Waals surface area contributed by atoms with Crippen LogP contribution >= 0.6 is 69.6 Å². The van der Waals surface area contributed by atoms with Gasteiger partial charge in [-0.2, -0.15) is 0 Å². The van der Waals surface area contributed by atoms with Crippen LogP contribution in [0.1, 0.15) is 61.3 Å². The third-order valence-corrected chi connectivity index (χ3v) is 10.0. The lowest BCUT2D eigenvalue weighted by molar-refractivity contribution is -0.156. The highest BCUT2D eigenvalue weighted by Gasteiger charge is 2.48. The SMILES string of the molecule is CC1CC1(C)COC(=O)c1c(Cl)c(Cl)cc(Cl)c1OC(=O)C(=O)Oc1c(Cl)cc(Cl)c(Cl)c1C(=O)OCC1(C)CC1C. The minimum atomic E-state index is -1.65. The van der Waals surface area contributed by atoms with Crippen LogP contribution in [0.5, 0.6) is 11.5 Å². The van der Waals surface area contributed by atoms with Gasteiger partial charge in [0.1, 0.15) is 11.1 Å². The average Bonchev–Trinajstić information content (AvgIpc) is 3.74. The molecule has 2 aliphatic rings. The Kier molecular flexibility index (Phi) is 9.59. The van der Waals surface area contributed by atoms with Crippen LogP contribution < -0.4 is 9.47 Å². The van der Waals surface area contributed by atoms with Crippen LogP contribution in [0.25, 0.3) is 0 Å². The summed E-state index contributed by atoms with van der Waals surface area (Å²) in [5, 5.41) is -1.50. The van der Waals surface area contributed by atoms with Crippen molar-refractivity contribution < 1.29 is 38.1 Å². The molecule has 0 aliphatic heterocycles. The number of ether oxygens (including phenoxy) is 4. The fraction of sp³-hybridized carbons (Fsp3) is 0.429. The van der Waals surface area contributed by atoms with E-state index in [0.29, 0.717) is 11.8 Å². The average molecular weight is 701 g/mol. The topological polar surface area (TPSA) is 105 Å². The van der Waals surface area contributed by atoms with Crippen molar-refractivity contribution in [2.45, 2.75) is 40.5 Å². The molecule has 0 bridgehead atoms. The highest BCUT2D eigenvalue weighted by molar-refractivity contribution is 6.47. The highest BCUT2D eigenvalue weighted by atomic mass is 35.5. The van der Waals surface area contributed by atoms with E-state index in [1.54, 1.807) is 0 Å². The molecule has 14 heteroatoms. The molecule has 2 fully saturated rings. The number of rotatable bonds is 8. The molecular formula is C28H24Cl6O8. The Labute approximate surface area is 271 Å². The molecule has 0 amide bonds. The summed E-state index contributed by atoms with van der Waals surface area (Å²) >= 11 is 37.1. The van der Waals surface area contributed by atoms with Crippen LogP contribution in [0.4, 0.5) is 0 Å². The Bertz CT molecular complexity index is 1400. The van der Waals surface area contributed by atoms with Crippen molar-refractivity contribution in [1.29, 1.82) is 0 Å². The lowest BCUT2D eigenvalue weighted by atomic mass is 10.1. The number of hydrogen-bond donors (Lipinski definition) is 0. The van der Waals surface area contributed by atoms with Gasteiger partial charge in [-0.15, -0.1) is 0 Å². The number of carbonyl (C=O) groups is 4. The standard InChI is InChI=1S/C28H24Cl6O8/c1-11-7-27(11,3)9-39-23(35)17-19(33)13(29)5-15(31)21(17)41-25(37)26(38)42-22-16(32)6-14(30)20(34)18(22)24(36)40-10-28(4)8-12(28)2/h5-6,11-12H,7-10H2,1-4H3. The van der Waals surface area contributed by atoms with Crippen molar-refractivity contribution in [3.05, 3.63) is 53.4 Å². The Balaban J connectivity index is 1.57. The van der Waals surface area contributed by atoms with E-state index in [9.17, 15) is 19.2 Å². The fourth-order valence-electron chi connectivity index (χ4n) is 4.28. The Morgan fingerprint density at radius 2 is 0.976 bits per heavy atom. The lowest BCUT2D eigenvalue weighted by Gasteiger charge is -2.17. The van der Waals surface area contributed by atoms with Gasteiger partial charge in [0, 0.05) is 10.8 Å². The van der Waals surface area contributed by atoms with Crippen LogP contribution in [-0.4, -0.2) is 37.1 Å².